The summed E-state index contributed by atoms with van der Waals surface area (Å²) < 4.78 is 15.2. The van der Waals surface area contributed by atoms with Crippen LogP contribution in [0.5, 0.6) is 23.0 Å². The summed E-state index contributed by atoms with van der Waals surface area (Å²) in [6.45, 7) is -0.701. The number of hydrogen-bond donors (Lipinski definition) is 7. The molecular formula is C15H16O11. The molecule has 0 aliphatic carbocycles. The fraction of sp³-hybridized carbons (Fsp3) is 0.400. The minimum atomic E-state index is -1.78. The van der Waals surface area contributed by atoms with E-state index in [0.29, 0.717) is 0 Å². The highest BCUT2D eigenvalue weighted by Crippen LogP contribution is 2.49. The molecule has 5 atom stereocenters. The van der Waals surface area contributed by atoms with Gasteiger partial charge in [0, 0.05) is 6.07 Å². The molecule has 26 heavy (non-hydrogen) atoms. The van der Waals surface area contributed by atoms with E-state index >= 15 is 0 Å². The van der Waals surface area contributed by atoms with E-state index in [-0.39, 0.29) is 5.39 Å². The lowest BCUT2D eigenvalue weighted by Gasteiger charge is -2.39. The Kier molecular flexibility index (Phi) is 4.64. The second-order valence-electron chi connectivity index (χ2n) is 5.69. The van der Waals surface area contributed by atoms with Crippen LogP contribution in [0.25, 0.3) is 11.0 Å². The zero-order chi connectivity index (χ0) is 19.2. The summed E-state index contributed by atoms with van der Waals surface area (Å²) in [5, 5.41) is 68.2. The number of fused-ring (bicyclic) bond motifs is 1. The molecule has 1 aromatic carbocycles. The third-order valence-electron chi connectivity index (χ3n) is 4.04. The molecular weight excluding hydrogens is 356 g/mol. The van der Waals surface area contributed by atoms with Gasteiger partial charge in [0.15, 0.2) is 11.3 Å². The lowest BCUT2D eigenvalue weighted by atomic mass is 9.99. The highest BCUT2D eigenvalue weighted by Gasteiger charge is 2.45. The van der Waals surface area contributed by atoms with Crippen molar-refractivity contribution in [1.82, 2.24) is 0 Å². The number of ether oxygens (including phenoxy) is 2. The number of rotatable bonds is 3. The molecule has 3 rings (SSSR count). The van der Waals surface area contributed by atoms with Crippen LogP contribution in [0.1, 0.15) is 0 Å². The predicted octanol–water partition coefficient (Wildman–Crippen LogP) is -1.91. The van der Waals surface area contributed by atoms with Crippen molar-refractivity contribution in [1.29, 1.82) is 0 Å². The summed E-state index contributed by atoms with van der Waals surface area (Å²) in [6, 6.07) is 2.08. The number of aliphatic hydroxyl groups is 4. The van der Waals surface area contributed by atoms with Gasteiger partial charge in [0.25, 0.3) is 0 Å². The van der Waals surface area contributed by atoms with Crippen molar-refractivity contribution in [2.24, 2.45) is 0 Å². The van der Waals surface area contributed by atoms with Crippen LogP contribution in [0.2, 0.25) is 0 Å². The van der Waals surface area contributed by atoms with Crippen molar-refractivity contribution in [2.75, 3.05) is 6.61 Å². The zero-order valence-corrected chi connectivity index (χ0v) is 13.0. The molecule has 2 aromatic rings. The minimum absolute atomic E-state index is 0.144. The molecule has 1 aromatic heterocycles. The SMILES string of the molecule is O=c1ccc2c(O[C@@H]3O[C@H](CO)[C@@H](O)[C@H](O)[C@H]3O)c(O)c(O)c(O)c2o1. The Hall–Kier alpha value is -2.57. The molecule has 0 radical (unpaired) electrons. The summed E-state index contributed by atoms with van der Waals surface area (Å²) in [5.41, 5.74) is -1.34. The molecule has 0 saturated carbocycles. The van der Waals surface area contributed by atoms with Crippen LogP contribution in [-0.4, -0.2) is 73.1 Å². The van der Waals surface area contributed by atoms with Crippen molar-refractivity contribution in [2.45, 2.75) is 30.7 Å². The summed E-state index contributed by atoms with van der Waals surface area (Å²) in [7, 11) is 0. The van der Waals surface area contributed by atoms with E-state index < -0.39 is 71.5 Å². The first-order chi connectivity index (χ1) is 12.3. The third kappa shape index (κ3) is 2.81. The standard InChI is InChI=1S/C15H16O11/c16-3-5-7(18)8(19)12(23)15(24-5)26-14-4-1-2-6(17)25-13(4)10(21)9(20)11(14)22/h1-2,5,7-8,12,15-16,18-23H,3H2/t5-,7-,8+,12-,15+/m1/s1. The lowest BCUT2D eigenvalue weighted by Crippen LogP contribution is -2.60. The number of aromatic hydroxyl groups is 3. The molecule has 11 nitrogen and oxygen atoms in total. The highest BCUT2D eigenvalue weighted by atomic mass is 16.7. The first-order valence-corrected chi connectivity index (χ1v) is 7.44. The Morgan fingerprint density at radius 3 is 2.31 bits per heavy atom. The van der Waals surface area contributed by atoms with Crippen LogP contribution in [-0.2, 0) is 4.74 Å². The Bertz CT molecular complexity index is 874. The van der Waals surface area contributed by atoms with E-state index in [1.807, 2.05) is 0 Å². The lowest BCUT2D eigenvalue weighted by molar-refractivity contribution is -0.277. The Labute approximate surface area is 144 Å². The predicted molar refractivity (Wildman–Crippen MR) is 81.9 cm³/mol. The van der Waals surface area contributed by atoms with Gasteiger partial charge in [0.1, 0.15) is 24.4 Å². The van der Waals surface area contributed by atoms with E-state index in [0.717, 1.165) is 12.1 Å². The van der Waals surface area contributed by atoms with E-state index in [2.05, 4.69) is 0 Å². The number of aliphatic hydroxyl groups excluding tert-OH is 4. The first kappa shape index (κ1) is 18.2. The summed E-state index contributed by atoms with van der Waals surface area (Å²) in [4.78, 5) is 11.3. The van der Waals surface area contributed by atoms with E-state index in [1.165, 1.54) is 0 Å². The number of phenols is 3. The van der Waals surface area contributed by atoms with Crippen molar-refractivity contribution in [3.05, 3.63) is 22.6 Å². The first-order valence-electron chi connectivity index (χ1n) is 7.44. The molecule has 142 valence electrons. The van der Waals surface area contributed by atoms with Gasteiger partial charge < -0.3 is 49.6 Å². The van der Waals surface area contributed by atoms with Crippen molar-refractivity contribution < 1.29 is 49.6 Å². The van der Waals surface area contributed by atoms with Crippen LogP contribution in [0.15, 0.2) is 21.3 Å². The maximum Gasteiger partial charge on any atom is 0.336 e. The highest BCUT2D eigenvalue weighted by molar-refractivity contribution is 5.94. The van der Waals surface area contributed by atoms with Crippen LogP contribution in [0, 0.1) is 0 Å². The summed E-state index contributed by atoms with van der Waals surface area (Å²) in [6.07, 6.45) is -8.07. The van der Waals surface area contributed by atoms with Crippen LogP contribution >= 0.6 is 0 Å². The third-order valence-corrected chi connectivity index (χ3v) is 4.04. The molecule has 1 fully saturated rings. The second-order valence-corrected chi connectivity index (χ2v) is 5.69. The largest absolute Gasteiger partial charge is 0.502 e. The van der Waals surface area contributed by atoms with Gasteiger partial charge in [0.2, 0.25) is 23.5 Å². The number of phenolic OH excluding ortho intramolecular Hbond substituents is 3. The van der Waals surface area contributed by atoms with Crippen LogP contribution < -0.4 is 10.4 Å². The maximum absolute atomic E-state index is 11.3. The van der Waals surface area contributed by atoms with Gasteiger partial charge in [-0.25, -0.2) is 4.79 Å². The average molecular weight is 372 g/mol. The fourth-order valence-electron chi connectivity index (χ4n) is 2.63. The van der Waals surface area contributed by atoms with Gasteiger partial charge >= 0.3 is 5.63 Å². The summed E-state index contributed by atoms with van der Waals surface area (Å²) in [5.74, 6) is -3.42. The van der Waals surface area contributed by atoms with Gasteiger partial charge in [-0.05, 0) is 6.07 Å². The Morgan fingerprint density at radius 1 is 0.962 bits per heavy atom. The molecule has 1 aliphatic rings. The van der Waals surface area contributed by atoms with Crippen LogP contribution in [0.3, 0.4) is 0 Å². The molecule has 2 heterocycles. The quantitative estimate of drug-likeness (QED) is 0.235. The minimum Gasteiger partial charge on any atom is -0.502 e. The molecule has 1 saturated heterocycles. The molecule has 1 aliphatic heterocycles. The second kappa shape index (κ2) is 6.63. The summed E-state index contributed by atoms with van der Waals surface area (Å²) >= 11 is 0. The van der Waals surface area contributed by atoms with Gasteiger partial charge in [0.05, 0.1) is 12.0 Å². The number of hydrogen-bond acceptors (Lipinski definition) is 11. The van der Waals surface area contributed by atoms with Gasteiger partial charge in [-0.2, -0.15) is 0 Å². The monoisotopic (exact) mass is 372 g/mol. The normalized spacial score (nSPS) is 29.0. The van der Waals surface area contributed by atoms with Gasteiger partial charge in [-0.3, -0.25) is 0 Å². The number of benzene rings is 1. The van der Waals surface area contributed by atoms with E-state index in [4.69, 9.17) is 13.9 Å². The van der Waals surface area contributed by atoms with E-state index in [1.54, 1.807) is 0 Å². The van der Waals surface area contributed by atoms with Crippen molar-refractivity contribution in [3.8, 4) is 23.0 Å². The average Bonchev–Trinajstić information content (AvgIpc) is 2.63. The van der Waals surface area contributed by atoms with Gasteiger partial charge in [-0.15, -0.1) is 0 Å². The smallest absolute Gasteiger partial charge is 0.336 e. The van der Waals surface area contributed by atoms with E-state index in [9.17, 15) is 40.5 Å². The molecule has 7 N–H and O–H groups in total. The molecule has 11 heteroatoms. The van der Waals surface area contributed by atoms with Gasteiger partial charge in [-0.1, -0.05) is 0 Å². The van der Waals surface area contributed by atoms with Crippen LogP contribution in [0.4, 0.5) is 0 Å². The fourth-order valence-corrected chi connectivity index (χ4v) is 2.63. The maximum atomic E-state index is 11.3. The Morgan fingerprint density at radius 2 is 1.65 bits per heavy atom. The molecule has 0 unspecified atom stereocenters. The molecule has 0 amide bonds. The van der Waals surface area contributed by atoms with Crippen molar-refractivity contribution in [3.63, 3.8) is 0 Å². The topological polar surface area (TPSA) is 190 Å². The Balaban J connectivity index is 2.07. The molecule has 0 bridgehead atoms. The van der Waals surface area contributed by atoms with Crippen molar-refractivity contribution >= 4 is 11.0 Å². The molecule has 0 spiro atoms. The zero-order valence-electron chi connectivity index (χ0n) is 13.0.